The number of alkyl carbamates (subject to hydrolysis) is 1. The maximum atomic E-state index is 12.7. The van der Waals surface area contributed by atoms with E-state index in [9.17, 15) is 9.59 Å². The third-order valence-electron chi connectivity index (χ3n) is 3.77. The fourth-order valence-electron chi connectivity index (χ4n) is 2.46. The van der Waals surface area contributed by atoms with Crippen molar-refractivity contribution in [2.75, 3.05) is 12.5 Å². The van der Waals surface area contributed by atoms with Crippen molar-refractivity contribution in [3.63, 3.8) is 0 Å². The molecule has 1 amide bonds. The van der Waals surface area contributed by atoms with Crippen LogP contribution in [0, 0.1) is 0 Å². The van der Waals surface area contributed by atoms with Crippen molar-refractivity contribution in [1.29, 1.82) is 0 Å². The van der Waals surface area contributed by atoms with E-state index in [-0.39, 0.29) is 10.9 Å². The summed E-state index contributed by atoms with van der Waals surface area (Å²) in [7, 11) is 0.133. The van der Waals surface area contributed by atoms with Gasteiger partial charge in [-0.25, -0.2) is 9.59 Å². The van der Waals surface area contributed by atoms with Crippen molar-refractivity contribution in [2.45, 2.75) is 43.7 Å². The van der Waals surface area contributed by atoms with Crippen LogP contribution in [-0.2, 0) is 26.8 Å². The van der Waals surface area contributed by atoms with Gasteiger partial charge in [-0.05, 0) is 50.6 Å². The zero-order valence-electron chi connectivity index (χ0n) is 17.0. The molecule has 0 spiro atoms. The van der Waals surface area contributed by atoms with Crippen LogP contribution in [0.1, 0.15) is 26.3 Å². The Balaban J connectivity index is 2.12. The van der Waals surface area contributed by atoms with Crippen LogP contribution in [0.5, 0.6) is 5.75 Å². The second-order valence-electron chi connectivity index (χ2n) is 7.60. The minimum absolute atomic E-state index is 0.133. The molecular weight excluding hydrogens is 374 g/mol. The van der Waals surface area contributed by atoms with E-state index < -0.39 is 23.7 Å². The number of esters is 1. The molecule has 0 bridgehead atoms. The number of ether oxygens (including phenoxy) is 2. The zero-order chi connectivity index (χ0) is 20.7. The van der Waals surface area contributed by atoms with Crippen LogP contribution in [-0.4, -0.2) is 36.2 Å². The molecule has 6 heteroatoms. The van der Waals surface area contributed by atoms with Gasteiger partial charge >= 0.3 is 12.1 Å². The second kappa shape index (κ2) is 9.64. The molecule has 1 atom stereocenters. The number of carbonyl (C=O) groups is 2. The first-order valence-electron chi connectivity index (χ1n) is 9.07. The highest BCUT2D eigenvalue weighted by atomic mass is 32.2. The first kappa shape index (κ1) is 21.8. The molecule has 2 aromatic rings. The van der Waals surface area contributed by atoms with E-state index in [0.29, 0.717) is 12.2 Å². The number of carbonyl (C=O) groups excluding carboxylic acids is 2. The van der Waals surface area contributed by atoms with Crippen LogP contribution in [0.15, 0.2) is 59.5 Å². The average molecular weight is 403 g/mol. The summed E-state index contributed by atoms with van der Waals surface area (Å²) in [6.45, 7) is 5.32. The molecule has 0 aliphatic heterocycles. The summed E-state index contributed by atoms with van der Waals surface area (Å²) in [5.41, 5.74) is 0.260. The maximum Gasteiger partial charge on any atom is 0.408 e. The standard InChI is InChI=1S/C22H27NO4S/c1-22(2,3)27-21(25)23-19(15-16-9-7-6-8-10-16)20(24)26-17-11-13-18(14-12-17)28(4)5/h6-14,19H,15H2,1-5H3/p+1/t19-/m0/s1. The Morgan fingerprint density at radius 2 is 1.61 bits per heavy atom. The van der Waals surface area contributed by atoms with Gasteiger partial charge in [0, 0.05) is 17.3 Å². The van der Waals surface area contributed by atoms with Gasteiger partial charge in [0.05, 0.1) is 0 Å². The highest BCUT2D eigenvalue weighted by molar-refractivity contribution is 7.95. The lowest BCUT2D eigenvalue weighted by molar-refractivity contribution is -0.136. The van der Waals surface area contributed by atoms with Crippen LogP contribution in [0.3, 0.4) is 0 Å². The maximum absolute atomic E-state index is 12.7. The summed E-state index contributed by atoms with van der Waals surface area (Å²) < 4.78 is 10.8. The minimum atomic E-state index is -0.857. The summed E-state index contributed by atoms with van der Waals surface area (Å²) >= 11 is 0. The lowest BCUT2D eigenvalue weighted by atomic mass is 10.1. The molecule has 0 aliphatic carbocycles. The Labute approximate surface area is 169 Å². The van der Waals surface area contributed by atoms with Crippen molar-refractivity contribution >= 4 is 23.0 Å². The molecule has 0 aliphatic rings. The van der Waals surface area contributed by atoms with E-state index in [1.165, 1.54) is 4.90 Å². The van der Waals surface area contributed by atoms with Crippen LogP contribution in [0.25, 0.3) is 0 Å². The van der Waals surface area contributed by atoms with Crippen molar-refractivity contribution in [3.05, 3.63) is 60.2 Å². The largest absolute Gasteiger partial charge is 0.444 e. The van der Waals surface area contributed by atoms with Gasteiger partial charge in [0.1, 0.15) is 29.9 Å². The van der Waals surface area contributed by atoms with Gasteiger partial charge < -0.3 is 14.8 Å². The summed E-state index contributed by atoms with van der Waals surface area (Å²) in [6, 6.07) is 16.0. The van der Waals surface area contributed by atoms with E-state index in [4.69, 9.17) is 9.47 Å². The predicted octanol–water partition coefficient (Wildman–Crippen LogP) is 3.96. The van der Waals surface area contributed by atoms with Crippen molar-refractivity contribution < 1.29 is 19.1 Å². The molecule has 5 nitrogen and oxygen atoms in total. The first-order chi connectivity index (χ1) is 13.1. The van der Waals surface area contributed by atoms with Crippen LogP contribution in [0.2, 0.25) is 0 Å². The smallest absolute Gasteiger partial charge is 0.408 e. The van der Waals surface area contributed by atoms with E-state index in [1.54, 1.807) is 32.9 Å². The Kier molecular flexibility index (Phi) is 7.52. The molecule has 1 N–H and O–H groups in total. The molecule has 0 radical (unpaired) electrons. The van der Waals surface area contributed by atoms with Crippen molar-refractivity contribution in [2.24, 2.45) is 0 Å². The number of amides is 1. The Hall–Kier alpha value is -2.47. The van der Waals surface area contributed by atoms with E-state index in [1.807, 2.05) is 42.5 Å². The third-order valence-corrected chi connectivity index (χ3v) is 4.99. The summed E-state index contributed by atoms with van der Waals surface area (Å²) in [6.07, 6.45) is 3.91. The summed E-state index contributed by atoms with van der Waals surface area (Å²) in [4.78, 5) is 26.1. The highest BCUT2D eigenvalue weighted by Gasteiger charge is 2.26. The third kappa shape index (κ3) is 7.27. The van der Waals surface area contributed by atoms with E-state index in [2.05, 4.69) is 17.8 Å². The van der Waals surface area contributed by atoms with Gasteiger partial charge in [0.15, 0.2) is 4.90 Å². The molecule has 2 rings (SSSR count). The van der Waals surface area contributed by atoms with Crippen LogP contribution in [0.4, 0.5) is 4.79 Å². The number of benzene rings is 2. The van der Waals surface area contributed by atoms with Gasteiger partial charge in [-0.2, -0.15) is 0 Å². The predicted molar refractivity (Wildman–Crippen MR) is 113 cm³/mol. The lowest BCUT2D eigenvalue weighted by Crippen LogP contribution is -2.46. The Morgan fingerprint density at radius 3 is 2.14 bits per heavy atom. The quantitative estimate of drug-likeness (QED) is 0.451. The monoisotopic (exact) mass is 402 g/mol. The average Bonchev–Trinajstić information content (AvgIpc) is 2.61. The van der Waals surface area contributed by atoms with Crippen molar-refractivity contribution in [1.82, 2.24) is 5.32 Å². The summed E-state index contributed by atoms with van der Waals surface area (Å²) in [5.74, 6) is -0.0855. The number of hydrogen-bond acceptors (Lipinski definition) is 4. The molecule has 0 saturated heterocycles. The van der Waals surface area contributed by atoms with Gasteiger partial charge in [0.2, 0.25) is 0 Å². The van der Waals surface area contributed by atoms with Gasteiger partial charge in [-0.15, -0.1) is 0 Å². The lowest BCUT2D eigenvalue weighted by Gasteiger charge is -2.23. The molecule has 150 valence electrons. The first-order valence-corrected chi connectivity index (χ1v) is 11.1. The topological polar surface area (TPSA) is 64.6 Å². The fraction of sp³-hybridized carbons (Fsp3) is 0.364. The minimum Gasteiger partial charge on any atom is -0.444 e. The number of rotatable bonds is 6. The Bertz CT molecular complexity index is 782. The van der Waals surface area contributed by atoms with E-state index >= 15 is 0 Å². The summed E-state index contributed by atoms with van der Waals surface area (Å²) in [5, 5.41) is 2.64. The van der Waals surface area contributed by atoms with Crippen molar-refractivity contribution in [3.8, 4) is 5.75 Å². The van der Waals surface area contributed by atoms with Gasteiger partial charge in [0.25, 0.3) is 0 Å². The van der Waals surface area contributed by atoms with Gasteiger partial charge in [-0.3, -0.25) is 0 Å². The molecule has 2 aromatic carbocycles. The number of hydrogen-bond donors (Lipinski definition) is 1. The normalized spacial score (nSPS) is 12.4. The molecular formula is C22H28NO4S+. The fourth-order valence-corrected chi connectivity index (χ4v) is 3.14. The zero-order valence-corrected chi connectivity index (χ0v) is 17.8. The SMILES string of the molecule is C[S+](C)c1ccc(OC(=O)[C@H](Cc2ccccc2)NC(=O)OC(C)(C)C)cc1. The Morgan fingerprint density at radius 1 is 1.00 bits per heavy atom. The molecule has 0 saturated carbocycles. The molecule has 0 aromatic heterocycles. The van der Waals surface area contributed by atoms with Gasteiger partial charge in [-0.1, -0.05) is 30.3 Å². The highest BCUT2D eigenvalue weighted by Crippen LogP contribution is 2.17. The van der Waals surface area contributed by atoms with Crippen LogP contribution < -0.4 is 10.1 Å². The molecule has 28 heavy (non-hydrogen) atoms. The van der Waals surface area contributed by atoms with Crippen LogP contribution >= 0.6 is 0 Å². The van der Waals surface area contributed by atoms with E-state index in [0.717, 1.165) is 5.56 Å². The molecule has 0 fully saturated rings. The molecule has 0 unspecified atom stereocenters. The second-order valence-corrected chi connectivity index (χ2v) is 9.70. The molecule has 0 heterocycles. The number of nitrogens with one attached hydrogen (secondary N) is 1.